The van der Waals surface area contributed by atoms with E-state index in [2.05, 4.69) is 24.1 Å². The van der Waals surface area contributed by atoms with Crippen molar-refractivity contribution in [3.8, 4) is 0 Å². The molecular weight excluding hydrogens is 366 g/mol. The molecule has 1 aliphatic rings. The number of carbonyl (C=O) groups is 2. The number of hydrogen-bond donors (Lipinski definition) is 1. The standard InChI is InChI=1S/C23H31N3O3/c1-16(2)14-20-24-17(3)21(29-20)22(27)25-19(15-18-10-6-4-7-11-18)23(28)26-12-8-5-9-13-26/h4,6-7,10-11,16,19H,5,8-9,12-15H2,1-3H3,(H,25,27)/t19-/m1/s1. The maximum atomic E-state index is 13.2. The summed E-state index contributed by atoms with van der Waals surface area (Å²) in [6, 6.07) is 9.15. The van der Waals surface area contributed by atoms with Crippen LogP contribution >= 0.6 is 0 Å². The second-order valence-electron chi connectivity index (χ2n) is 8.22. The molecule has 2 heterocycles. The molecule has 1 aromatic heterocycles. The maximum Gasteiger partial charge on any atom is 0.289 e. The van der Waals surface area contributed by atoms with Crippen LogP contribution in [-0.4, -0.2) is 40.8 Å². The van der Waals surface area contributed by atoms with Crippen LogP contribution in [0.3, 0.4) is 0 Å². The lowest BCUT2D eigenvalue weighted by Gasteiger charge is -2.30. The molecule has 1 aromatic carbocycles. The molecule has 0 radical (unpaired) electrons. The van der Waals surface area contributed by atoms with Crippen molar-refractivity contribution >= 4 is 11.8 Å². The first-order chi connectivity index (χ1) is 13.9. The number of oxazole rings is 1. The van der Waals surface area contributed by atoms with Crippen LogP contribution in [0.2, 0.25) is 0 Å². The summed E-state index contributed by atoms with van der Waals surface area (Å²) in [5, 5.41) is 2.92. The summed E-state index contributed by atoms with van der Waals surface area (Å²) >= 11 is 0. The highest BCUT2D eigenvalue weighted by molar-refractivity contribution is 5.96. The van der Waals surface area contributed by atoms with Crippen LogP contribution in [0.15, 0.2) is 34.7 Å². The Morgan fingerprint density at radius 2 is 1.79 bits per heavy atom. The Bertz CT molecular complexity index is 823. The Morgan fingerprint density at radius 1 is 1.10 bits per heavy atom. The van der Waals surface area contributed by atoms with E-state index in [4.69, 9.17) is 4.42 Å². The third-order valence-electron chi connectivity index (χ3n) is 5.18. The van der Waals surface area contributed by atoms with E-state index >= 15 is 0 Å². The summed E-state index contributed by atoms with van der Waals surface area (Å²) in [5.74, 6) is 0.739. The zero-order valence-electron chi connectivity index (χ0n) is 17.6. The molecular formula is C23H31N3O3. The number of carbonyl (C=O) groups excluding carboxylic acids is 2. The number of rotatable bonds is 7. The van der Waals surface area contributed by atoms with E-state index in [-0.39, 0.29) is 17.6 Å². The Morgan fingerprint density at radius 3 is 2.45 bits per heavy atom. The number of hydrogen-bond acceptors (Lipinski definition) is 4. The van der Waals surface area contributed by atoms with E-state index in [1.54, 1.807) is 6.92 Å². The second kappa shape index (κ2) is 9.72. The molecule has 1 aliphatic heterocycles. The van der Waals surface area contributed by atoms with Crippen LogP contribution in [0, 0.1) is 12.8 Å². The van der Waals surface area contributed by atoms with Gasteiger partial charge in [-0.15, -0.1) is 0 Å². The van der Waals surface area contributed by atoms with Gasteiger partial charge in [-0.1, -0.05) is 44.2 Å². The molecule has 2 aromatic rings. The van der Waals surface area contributed by atoms with Gasteiger partial charge in [0.1, 0.15) is 6.04 Å². The predicted octanol–water partition coefficient (Wildman–Crippen LogP) is 3.54. The second-order valence-corrected chi connectivity index (χ2v) is 8.22. The Hall–Kier alpha value is -2.63. The van der Waals surface area contributed by atoms with Crippen molar-refractivity contribution in [2.24, 2.45) is 5.92 Å². The molecule has 0 bridgehead atoms. The third kappa shape index (κ3) is 5.68. The van der Waals surface area contributed by atoms with Crippen LogP contribution in [0.4, 0.5) is 0 Å². The van der Waals surface area contributed by atoms with E-state index in [0.29, 0.717) is 30.3 Å². The normalized spacial score (nSPS) is 15.4. The number of benzene rings is 1. The number of nitrogens with zero attached hydrogens (tertiary/aromatic N) is 2. The smallest absolute Gasteiger partial charge is 0.289 e. The first-order valence-corrected chi connectivity index (χ1v) is 10.5. The molecule has 0 unspecified atom stereocenters. The number of aromatic nitrogens is 1. The van der Waals surface area contributed by atoms with Gasteiger partial charge in [-0.3, -0.25) is 9.59 Å². The molecule has 1 N–H and O–H groups in total. The quantitative estimate of drug-likeness (QED) is 0.775. The van der Waals surface area contributed by atoms with Crippen molar-refractivity contribution < 1.29 is 14.0 Å². The summed E-state index contributed by atoms with van der Waals surface area (Å²) in [6.07, 6.45) is 4.30. The summed E-state index contributed by atoms with van der Waals surface area (Å²) in [6.45, 7) is 7.42. The van der Waals surface area contributed by atoms with E-state index < -0.39 is 6.04 Å². The van der Waals surface area contributed by atoms with E-state index in [1.165, 1.54) is 0 Å². The Labute approximate surface area is 172 Å². The van der Waals surface area contributed by atoms with E-state index in [0.717, 1.165) is 37.9 Å². The number of likely N-dealkylation sites (tertiary alicyclic amines) is 1. The van der Waals surface area contributed by atoms with Crippen molar-refractivity contribution in [3.63, 3.8) is 0 Å². The Balaban J connectivity index is 1.77. The number of amides is 2. The average molecular weight is 398 g/mol. The van der Waals surface area contributed by atoms with Crippen molar-refractivity contribution in [1.29, 1.82) is 0 Å². The molecule has 1 fully saturated rings. The van der Waals surface area contributed by atoms with Gasteiger partial charge in [0.05, 0.1) is 5.69 Å². The fourth-order valence-corrected chi connectivity index (χ4v) is 3.71. The Kier molecular flexibility index (Phi) is 7.07. The lowest BCUT2D eigenvalue weighted by atomic mass is 10.0. The average Bonchev–Trinajstić information content (AvgIpc) is 3.07. The van der Waals surface area contributed by atoms with Crippen LogP contribution in [0.1, 0.15) is 60.8 Å². The lowest BCUT2D eigenvalue weighted by molar-refractivity contribution is -0.134. The van der Waals surface area contributed by atoms with Crippen LogP contribution in [0.25, 0.3) is 0 Å². The molecule has 1 atom stereocenters. The largest absolute Gasteiger partial charge is 0.435 e. The third-order valence-corrected chi connectivity index (χ3v) is 5.18. The van der Waals surface area contributed by atoms with Gasteiger partial charge in [0.15, 0.2) is 5.89 Å². The fourth-order valence-electron chi connectivity index (χ4n) is 3.71. The zero-order chi connectivity index (χ0) is 20.8. The van der Waals surface area contributed by atoms with Crippen molar-refractivity contribution in [2.75, 3.05) is 13.1 Å². The summed E-state index contributed by atoms with van der Waals surface area (Å²) in [4.78, 5) is 32.4. The molecule has 6 heteroatoms. The van der Waals surface area contributed by atoms with Gasteiger partial charge in [-0.25, -0.2) is 4.98 Å². The molecule has 0 aliphatic carbocycles. The van der Waals surface area contributed by atoms with Gasteiger partial charge in [-0.2, -0.15) is 0 Å². The number of aryl methyl sites for hydroxylation is 1. The minimum atomic E-state index is -0.624. The first-order valence-electron chi connectivity index (χ1n) is 10.5. The topological polar surface area (TPSA) is 75.4 Å². The molecule has 1 saturated heterocycles. The predicted molar refractivity (Wildman–Crippen MR) is 112 cm³/mol. The molecule has 3 rings (SSSR count). The van der Waals surface area contributed by atoms with Gasteiger partial charge >= 0.3 is 0 Å². The van der Waals surface area contributed by atoms with Gasteiger partial charge < -0.3 is 14.6 Å². The van der Waals surface area contributed by atoms with Gasteiger partial charge in [0.25, 0.3) is 5.91 Å². The van der Waals surface area contributed by atoms with E-state index in [9.17, 15) is 9.59 Å². The monoisotopic (exact) mass is 397 g/mol. The van der Waals surface area contributed by atoms with Crippen molar-refractivity contribution in [3.05, 3.63) is 53.2 Å². The highest BCUT2D eigenvalue weighted by Crippen LogP contribution is 2.16. The minimum absolute atomic E-state index is 0.0264. The molecule has 2 amide bonds. The lowest BCUT2D eigenvalue weighted by Crippen LogP contribution is -2.51. The first kappa shape index (κ1) is 21.1. The van der Waals surface area contributed by atoms with Gasteiger partial charge in [0, 0.05) is 25.9 Å². The molecule has 29 heavy (non-hydrogen) atoms. The van der Waals surface area contributed by atoms with E-state index in [1.807, 2.05) is 35.2 Å². The number of nitrogens with one attached hydrogen (secondary N) is 1. The van der Waals surface area contributed by atoms with Crippen LogP contribution < -0.4 is 5.32 Å². The highest BCUT2D eigenvalue weighted by Gasteiger charge is 2.29. The molecule has 0 saturated carbocycles. The fraction of sp³-hybridized carbons (Fsp3) is 0.522. The summed E-state index contributed by atoms with van der Waals surface area (Å²) < 4.78 is 5.72. The SMILES string of the molecule is Cc1nc(CC(C)C)oc1C(=O)N[C@H](Cc1ccccc1)C(=O)N1CCCCC1. The van der Waals surface area contributed by atoms with Crippen LogP contribution in [-0.2, 0) is 17.6 Å². The molecule has 6 nitrogen and oxygen atoms in total. The van der Waals surface area contributed by atoms with Crippen molar-refractivity contribution in [1.82, 2.24) is 15.2 Å². The van der Waals surface area contributed by atoms with Gasteiger partial charge in [0.2, 0.25) is 11.7 Å². The summed E-state index contributed by atoms with van der Waals surface area (Å²) in [7, 11) is 0. The number of piperidine rings is 1. The zero-order valence-corrected chi connectivity index (χ0v) is 17.6. The van der Waals surface area contributed by atoms with Gasteiger partial charge in [-0.05, 0) is 37.7 Å². The summed E-state index contributed by atoms with van der Waals surface area (Å²) in [5.41, 5.74) is 1.57. The minimum Gasteiger partial charge on any atom is -0.435 e. The molecule has 0 spiro atoms. The van der Waals surface area contributed by atoms with Crippen molar-refractivity contribution in [2.45, 2.75) is 58.9 Å². The maximum absolute atomic E-state index is 13.2. The van der Waals surface area contributed by atoms with Crippen LogP contribution in [0.5, 0.6) is 0 Å². The highest BCUT2D eigenvalue weighted by atomic mass is 16.4. The molecule has 156 valence electrons.